The highest BCUT2D eigenvalue weighted by Gasteiger charge is 2.30. The lowest BCUT2D eigenvalue weighted by molar-refractivity contribution is 0.505. The maximum absolute atomic E-state index is 14.2. The molecule has 1 aliphatic rings. The number of H-pyrrole nitrogens is 1. The highest BCUT2D eigenvalue weighted by molar-refractivity contribution is 5.51. The molecule has 1 aromatic carbocycles. The molecule has 24 heavy (non-hydrogen) atoms. The molecular formula is C16H14F3N5. The smallest absolute Gasteiger partial charge is 0.182 e. The second-order valence-electron chi connectivity index (χ2n) is 5.99. The number of nitrogens with one attached hydrogen (secondary N) is 1. The van der Waals surface area contributed by atoms with Gasteiger partial charge in [0.2, 0.25) is 0 Å². The number of halogens is 3. The maximum atomic E-state index is 14.2. The number of benzene rings is 1. The van der Waals surface area contributed by atoms with Gasteiger partial charge in [0.25, 0.3) is 0 Å². The first kappa shape index (κ1) is 14.9. The first-order chi connectivity index (χ1) is 11.5. The molecule has 3 aromatic rings. The number of aryl methyl sites for hydroxylation is 1. The summed E-state index contributed by atoms with van der Waals surface area (Å²) in [4.78, 5) is 4.41. The molecule has 124 valence electrons. The van der Waals surface area contributed by atoms with Crippen LogP contribution in [0.15, 0.2) is 18.2 Å². The normalized spacial score (nSPS) is 14.3. The molecule has 0 atom stereocenters. The van der Waals surface area contributed by atoms with E-state index in [-0.39, 0.29) is 24.0 Å². The molecule has 1 saturated carbocycles. The minimum Gasteiger partial charge on any atom is -0.279 e. The van der Waals surface area contributed by atoms with Crippen LogP contribution in [-0.2, 0) is 6.54 Å². The molecule has 0 aliphatic heterocycles. The van der Waals surface area contributed by atoms with Crippen molar-refractivity contribution in [1.82, 2.24) is 25.0 Å². The molecule has 2 heterocycles. The number of nitrogens with zero attached hydrogens (tertiary/aromatic N) is 4. The van der Waals surface area contributed by atoms with Crippen molar-refractivity contribution in [3.05, 3.63) is 52.7 Å². The topological polar surface area (TPSA) is 59.4 Å². The largest absolute Gasteiger partial charge is 0.279 e. The summed E-state index contributed by atoms with van der Waals surface area (Å²) in [6.07, 6.45) is 1.99. The predicted octanol–water partition coefficient (Wildman–Crippen LogP) is 3.32. The molecule has 0 unspecified atom stereocenters. The number of aromatic nitrogens is 5. The quantitative estimate of drug-likeness (QED) is 0.797. The fourth-order valence-corrected chi connectivity index (χ4v) is 2.53. The average Bonchev–Trinajstić information content (AvgIpc) is 3.25. The molecule has 0 amide bonds. The molecular weight excluding hydrogens is 319 g/mol. The van der Waals surface area contributed by atoms with Crippen LogP contribution in [0, 0.1) is 24.4 Å². The highest BCUT2D eigenvalue weighted by atomic mass is 19.2. The molecule has 1 aliphatic carbocycles. The van der Waals surface area contributed by atoms with E-state index in [0.717, 1.165) is 25.0 Å². The first-order valence-electron chi connectivity index (χ1n) is 7.62. The lowest BCUT2D eigenvalue weighted by Crippen LogP contribution is -2.06. The van der Waals surface area contributed by atoms with Gasteiger partial charge in [0.05, 0.1) is 12.2 Å². The minimum atomic E-state index is -0.932. The fraction of sp³-hybridized carbons (Fsp3) is 0.312. The Balaban J connectivity index is 1.75. The number of hydrogen-bond acceptors (Lipinski definition) is 3. The van der Waals surface area contributed by atoms with Gasteiger partial charge >= 0.3 is 0 Å². The van der Waals surface area contributed by atoms with Gasteiger partial charge in [-0.3, -0.25) is 5.10 Å². The van der Waals surface area contributed by atoms with Gasteiger partial charge in [0.15, 0.2) is 34.8 Å². The van der Waals surface area contributed by atoms with Crippen molar-refractivity contribution in [3.63, 3.8) is 0 Å². The number of aromatic amines is 1. The van der Waals surface area contributed by atoms with E-state index < -0.39 is 17.5 Å². The van der Waals surface area contributed by atoms with Gasteiger partial charge in [-0.05, 0) is 37.5 Å². The molecule has 0 radical (unpaired) electrons. The van der Waals surface area contributed by atoms with Crippen LogP contribution in [0.5, 0.6) is 0 Å². The van der Waals surface area contributed by atoms with E-state index in [0.29, 0.717) is 17.1 Å². The Hall–Kier alpha value is -2.64. The molecule has 8 heteroatoms. The lowest BCUT2D eigenvalue weighted by Gasteiger charge is -2.05. The molecule has 0 spiro atoms. The molecule has 4 rings (SSSR count). The third-order valence-corrected chi connectivity index (χ3v) is 4.03. The monoisotopic (exact) mass is 333 g/mol. The van der Waals surface area contributed by atoms with E-state index in [9.17, 15) is 13.2 Å². The van der Waals surface area contributed by atoms with Crippen molar-refractivity contribution >= 4 is 0 Å². The van der Waals surface area contributed by atoms with Crippen molar-refractivity contribution in [2.45, 2.75) is 32.2 Å². The summed E-state index contributed by atoms with van der Waals surface area (Å²) in [6, 6.07) is 3.62. The Labute approximate surface area is 135 Å². The van der Waals surface area contributed by atoms with E-state index in [1.54, 1.807) is 6.92 Å². The van der Waals surface area contributed by atoms with Gasteiger partial charge < -0.3 is 0 Å². The van der Waals surface area contributed by atoms with Crippen LogP contribution in [0.25, 0.3) is 11.5 Å². The van der Waals surface area contributed by atoms with E-state index in [2.05, 4.69) is 20.3 Å². The van der Waals surface area contributed by atoms with E-state index in [1.165, 1.54) is 10.7 Å². The van der Waals surface area contributed by atoms with Crippen LogP contribution >= 0.6 is 0 Å². The average molecular weight is 333 g/mol. The van der Waals surface area contributed by atoms with E-state index >= 15 is 0 Å². The van der Waals surface area contributed by atoms with E-state index in [1.807, 2.05) is 0 Å². The summed E-state index contributed by atoms with van der Waals surface area (Å²) in [7, 11) is 0. The Morgan fingerprint density at radius 3 is 2.62 bits per heavy atom. The summed E-state index contributed by atoms with van der Waals surface area (Å²) >= 11 is 0. The summed E-state index contributed by atoms with van der Waals surface area (Å²) in [6.45, 7) is 1.72. The Bertz CT molecular complexity index is 911. The van der Waals surface area contributed by atoms with Gasteiger partial charge in [0, 0.05) is 5.92 Å². The Kier molecular flexibility index (Phi) is 3.40. The van der Waals surface area contributed by atoms with Crippen LogP contribution in [0.1, 0.15) is 35.8 Å². The third-order valence-electron chi connectivity index (χ3n) is 4.03. The predicted molar refractivity (Wildman–Crippen MR) is 79.7 cm³/mol. The van der Waals surface area contributed by atoms with Crippen molar-refractivity contribution < 1.29 is 13.2 Å². The van der Waals surface area contributed by atoms with Crippen molar-refractivity contribution in [1.29, 1.82) is 0 Å². The van der Waals surface area contributed by atoms with Gasteiger partial charge in [0.1, 0.15) is 0 Å². The first-order valence-corrected chi connectivity index (χ1v) is 7.62. The van der Waals surface area contributed by atoms with Gasteiger partial charge in [-0.1, -0.05) is 6.07 Å². The number of rotatable bonds is 4. The van der Waals surface area contributed by atoms with Gasteiger partial charge in [-0.25, -0.2) is 22.8 Å². The fourth-order valence-electron chi connectivity index (χ4n) is 2.53. The molecule has 1 N–H and O–H groups in total. The summed E-state index contributed by atoms with van der Waals surface area (Å²) < 4.78 is 42.2. The summed E-state index contributed by atoms with van der Waals surface area (Å²) in [5.74, 6) is -1.14. The molecule has 1 fully saturated rings. The zero-order valence-electron chi connectivity index (χ0n) is 12.9. The van der Waals surface area contributed by atoms with Crippen LogP contribution < -0.4 is 0 Å². The standard InChI is InChI=1S/C16H14F3N5/c1-8-13(19)14(22-21-8)16-20-15(10-3-4-10)23-24(16)7-9-2-5-11(17)12(18)6-9/h2,5-6,10H,3-4,7H2,1H3,(H,21,22). The maximum Gasteiger partial charge on any atom is 0.182 e. The van der Waals surface area contributed by atoms with Crippen molar-refractivity contribution in [2.24, 2.45) is 0 Å². The second kappa shape index (κ2) is 5.47. The second-order valence-corrected chi connectivity index (χ2v) is 5.99. The summed E-state index contributed by atoms with van der Waals surface area (Å²) in [5, 5.41) is 11.0. The third kappa shape index (κ3) is 2.57. The zero-order valence-corrected chi connectivity index (χ0v) is 12.9. The van der Waals surface area contributed by atoms with E-state index in [4.69, 9.17) is 0 Å². The Morgan fingerprint density at radius 1 is 1.21 bits per heavy atom. The molecule has 0 bridgehead atoms. The van der Waals surface area contributed by atoms with Crippen LogP contribution in [-0.4, -0.2) is 25.0 Å². The molecule has 2 aromatic heterocycles. The SMILES string of the molecule is Cc1[nH]nc(-c2nc(C3CC3)nn2Cc2ccc(F)c(F)c2)c1F. The molecule has 5 nitrogen and oxygen atoms in total. The van der Waals surface area contributed by atoms with Crippen molar-refractivity contribution in [2.75, 3.05) is 0 Å². The Morgan fingerprint density at radius 2 is 2.00 bits per heavy atom. The minimum absolute atomic E-state index is 0.0782. The highest BCUT2D eigenvalue weighted by Crippen LogP contribution is 2.39. The van der Waals surface area contributed by atoms with Gasteiger partial charge in [-0.2, -0.15) is 10.2 Å². The van der Waals surface area contributed by atoms with Gasteiger partial charge in [-0.15, -0.1) is 0 Å². The van der Waals surface area contributed by atoms with Crippen LogP contribution in [0.2, 0.25) is 0 Å². The van der Waals surface area contributed by atoms with Crippen molar-refractivity contribution in [3.8, 4) is 11.5 Å². The molecule has 0 saturated heterocycles. The summed E-state index contributed by atoms with van der Waals surface area (Å²) in [5.41, 5.74) is 0.893. The van der Waals surface area contributed by atoms with Crippen LogP contribution in [0.3, 0.4) is 0 Å². The lowest BCUT2D eigenvalue weighted by atomic mass is 10.2. The zero-order chi connectivity index (χ0) is 16.8. The number of hydrogen-bond donors (Lipinski definition) is 1. The van der Waals surface area contributed by atoms with Crippen LogP contribution in [0.4, 0.5) is 13.2 Å².